The zero-order chi connectivity index (χ0) is 20.2. The van der Waals surface area contributed by atoms with Gasteiger partial charge in [-0.1, -0.05) is 12.1 Å². The Labute approximate surface area is 181 Å². The molecule has 1 saturated heterocycles. The fourth-order valence-electron chi connectivity index (χ4n) is 4.07. The SMILES string of the molecule is COc1ccccc1N1CCN(CCCN2CCSc3sc(C)cc3C2=O)CC1. The predicted octanol–water partition coefficient (Wildman–Crippen LogP) is 3.83. The van der Waals surface area contributed by atoms with E-state index in [-0.39, 0.29) is 5.91 Å². The molecule has 3 heterocycles. The fraction of sp³-hybridized carbons (Fsp3) is 0.500. The number of carbonyl (C=O) groups is 1. The average Bonchev–Trinajstić information content (AvgIpc) is 3.06. The highest BCUT2D eigenvalue weighted by Gasteiger charge is 2.25. The number of hydrogen-bond donors (Lipinski definition) is 0. The van der Waals surface area contributed by atoms with Crippen LogP contribution in [0.2, 0.25) is 0 Å². The molecule has 7 heteroatoms. The van der Waals surface area contributed by atoms with E-state index < -0.39 is 0 Å². The van der Waals surface area contributed by atoms with Crippen molar-refractivity contribution in [1.82, 2.24) is 9.80 Å². The summed E-state index contributed by atoms with van der Waals surface area (Å²) in [6.07, 6.45) is 1.03. The molecule has 1 amide bonds. The molecule has 2 aliphatic rings. The molecule has 1 aromatic carbocycles. The van der Waals surface area contributed by atoms with Gasteiger partial charge in [-0.05, 0) is 38.1 Å². The number of carbonyl (C=O) groups excluding carboxylic acids is 1. The summed E-state index contributed by atoms with van der Waals surface area (Å²) in [7, 11) is 1.73. The first-order valence-corrected chi connectivity index (χ1v) is 12.1. The number of fused-ring (bicyclic) bond motifs is 1. The second kappa shape index (κ2) is 9.41. The van der Waals surface area contributed by atoms with Gasteiger partial charge in [-0.15, -0.1) is 23.1 Å². The second-order valence-electron chi connectivity index (χ2n) is 7.55. The molecule has 29 heavy (non-hydrogen) atoms. The average molecular weight is 432 g/mol. The molecule has 2 aliphatic heterocycles. The lowest BCUT2D eigenvalue weighted by molar-refractivity contribution is 0.0757. The molecule has 0 spiro atoms. The molecule has 4 rings (SSSR count). The van der Waals surface area contributed by atoms with Crippen LogP contribution >= 0.6 is 23.1 Å². The molecular formula is C22H29N3O2S2. The van der Waals surface area contributed by atoms with E-state index in [1.165, 1.54) is 14.8 Å². The Balaban J connectivity index is 1.25. The number of ether oxygens (including phenoxy) is 1. The lowest BCUT2D eigenvalue weighted by atomic mass is 10.2. The van der Waals surface area contributed by atoms with Crippen molar-refractivity contribution in [2.45, 2.75) is 17.6 Å². The molecular weight excluding hydrogens is 402 g/mol. The van der Waals surface area contributed by atoms with Gasteiger partial charge < -0.3 is 14.5 Å². The van der Waals surface area contributed by atoms with Gasteiger partial charge in [0, 0.05) is 49.9 Å². The van der Waals surface area contributed by atoms with Gasteiger partial charge in [0.15, 0.2) is 0 Å². The lowest BCUT2D eigenvalue weighted by Crippen LogP contribution is -2.47. The highest BCUT2D eigenvalue weighted by molar-refractivity contribution is 8.01. The van der Waals surface area contributed by atoms with E-state index in [1.54, 1.807) is 18.4 Å². The minimum atomic E-state index is 0.218. The van der Waals surface area contributed by atoms with Crippen molar-refractivity contribution in [3.05, 3.63) is 40.8 Å². The van der Waals surface area contributed by atoms with Crippen LogP contribution in [-0.4, -0.2) is 74.4 Å². The van der Waals surface area contributed by atoms with Crippen LogP contribution in [0.3, 0.4) is 0 Å². The summed E-state index contributed by atoms with van der Waals surface area (Å²) < 4.78 is 6.71. The summed E-state index contributed by atoms with van der Waals surface area (Å²) in [5.41, 5.74) is 2.10. The minimum absolute atomic E-state index is 0.218. The zero-order valence-corrected chi connectivity index (χ0v) is 18.9. The number of piperazine rings is 1. The molecule has 0 N–H and O–H groups in total. The summed E-state index contributed by atoms with van der Waals surface area (Å²) in [6.45, 7) is 8.96. The summed E-state index contributed by atoms with van der Waals surface area (Å²) in [6, 6.07) is 10.3. The first kappa shape index (κ1) is 20.6. The number of amides is 1. The first-order valence-electron chi connectivity index (χ1n) is 10.3. The number of para-hydroxylation sites is 2. The van der Waals surface area contributed by atoms with E-state index in [2.05, 4.69) is 39.8 Å². The molecule has 5 nitrogen and oxygen atoms in total. The monoisotopic (exact) mass is 431 g/mol. The number of rotatable bonds is 6. The summed E-state index contributed by atoms with van der Waals surface area (Å²) >= 11 is 3.58. The lowest BCUT2D eigenvalue weighted by Gasteiger charge is -2.36. The van der Waals surface area contributed by atoms with Gasteiger partial charge in [0.2, 0.25) is 0 Å². The maximum Gasteiger partial charge on any atom is 0.255 e. The largest absolute Gasteiger partial charge is 0.495 e. The van der Waals surface area contributed by atoms with Crippen molar-refractivity contribution in [2.75, 3.05) is 63.6 Å². The van der Waals surface area contributed by atoms with E-state index in [4.69, 9.17) is 4.74 Å². The Morgan fingerprint density at radius 1 is 1.07 bits per heavy atom. The summed E-state index contributed by atoms with van der Waals surface area (Å²) in [5, 5.41) is 0. The smallest absolute Gasteiger partial charge is 0.255 e. The second-order valence-corrected chi connectivity index (χ2v) is 10.2. The van der Waals surface area contributed by atoms with E-state index in [9.17, 15) is 4.79 Å². The fourth-order valence-corrected chi connectivity index (χ4v) is 6.48. The third-order valence-corrected chi connectivity index (χ3v) is 7.95. The highest BCUT2D eigenvalue weighted by Crippen LogP contribution is 2.35. The van der Waals surface area contributed by atoms with Crippen molar-refractivity contribution in [1.29, 1.82) is 0 Å². The third-order valence-electron chi connectivity index (χ3n) is 5.63. The van der Waals surface area contributed by atoms with Gasteiger partial charge in [-0.2, -0.15) is 0 Å². The van der Waals surface area contributed by atoms with Crippen molar-refractivity contribution in [3.8, 4) is 5.75 Å². The van der Waals surface area contributed by atoms with Crippen LogP contribution in [0.4, 0.5) is 5.69 Å². The molecule has 156 valence electrons. The Bertz CT molecular complexity index is 846. The quantitative estimate of drug-likeness (QED) is 0.695. The highest BCUT2D eigenvalue weighted by atomic mass is 32.2. The minimum Gasteiger partial charge on any atom is -0.495 e. The van der Waals surface area contributed by atoms with Crippen molar-refractivity contribution >= 4 is 34.7 Å². The number of nitrogens with zero attached hydrogens (tertiary/aromatic N) is 3. The Hall–Kier alpha value is -1.70. The molecule has 0 saturated carbocycles. The van der Waals surface area contributed by atoms with E-state index in [0.29, 0.717) is 0 Å². The van der Waals surface area contributed by atoms with Crippen LogP contribution in [0.25, 0.3) is 0 Å². The molecule has 2 aromatic rings. The maximum atomic E-state index is 12.9. The van der Waals surface area contributed by atoms with E-state index in [0.717, 1.165) is 69.3 Å². The number of methoxy groups -OCH3 is 1. The number of benzene rings is 1. The van der Waals surface area contributed by atoms with Gasteiger partial charge in [0.25, 0.3) is 5.91 Å². The van der Waals surface area contributed by atoms with Crippen molar-refractivity contribution < 1.29 is 9.53 Å². The summed E-state index contributed by atoms with van der Waals surface area (Å²) in [4.78, 5) is 21.1. The summed E-state index contributed by atoms with van der Waals surface area (Å²) in [5.74, 6) is 2.16. The van der Waals surface area contributed by atoms with Gasteiger partial charge >= 0.3 is 0 Å². The van der Waals surface area contributed by atoms with Gasteiger partial charge in [0.1, 0.15) is 5.75 Å². The molecule has 0 unspecified atom stereocenters. The molecule has 0 bridgehead atoms. The van der Waals surface area contributed by atoms with Gasteiger partial charge in [0.05, 0.1) is 22.6 Å². The zero-order valence-electron chi connectivity index (χ0n) is 17.2. The third kappa shape index (κ3) is 4.73. The molecule has 0 radical (unpaired) electrons. The normalized spacial score (nSPS) is 17.9. The van der Waals surface area contributed by atoms with E-state index in [1.807, 2.05) is 23.9 Å². The number of thioether (sulfide) groups is 1. The van der Waals surface area contributed by atoms with Crippen molar-refractivity contribution in [3.63, 3.8) is 0 Å². The molecule has 0 aliphatic carbocycles. The van der Waals surface area contributed by atoms with Crippen LogP contribution in [0.1, 0.15) is 21.7 Å². The Kier molecular flexibility index (Phi) is 6.67. The van der Waals surface area contributed by atoms with Crippen LogP contribution in [0.15, 0.2) is 34.5 Å². The maximum absolute atomic E-state index is 12.9. The van der Waals surface area contributed by atoms with Crippen LogP contribution in [-0.2, 0) is 0 Å². The van der Waals surface area contributed by atoms with Gasteiger partial charge in [-0.3, -0.25) is 9.69 Å². The van der Waals surface area contributed by atoms with Crippen LogP contribution in [0, 0.1) is 6.92 Å². The van der Waals surface area contributed by atoms with Crippen molar-refractivity contribution in [2.24, 2.45) is 0 Å². The van der Waals surface area contributed by atoms with Crippen LogP contribution < -0.4 is 9.64 Å². The molecule has 0 atom stereocenters. The number of aryl methyl sites for hydroxylation is 1. The standard InChI is InChI=1S/C22H29N3O2S2/c1-17-16-18-21(26)25(14-15-28-22(18)29-17)9-5-8-23-10-12-24(13-11-23)19-6-3-4-7-20(19)27-2/h3-4,6-7,16H,5,8-15H2,1-2H3. The Morgan fingerprint density at radius 2 is 1.86 bits per heavy atom. The first-order chi connectivity index (χ1) is 14.2. The molecule has 1 fully saturated rings. The number of thiophene rings is 1. The Morgan fingerprint density at radius 3 is 2.66 bits per heavy atom. The number of anilines is 1. The topological polar surface area (TPSA) is 36.0 Å². The van der Waals surface area contributed by atoms with Crippen LogP contribution in [0.5, 0.6) is 5.75 Å². The van der Waals surface area contributed by atoms with E-state index >= 15 is 0 Å². The molecule has 1 aromatic heterocycles. The van der Waals surface area contributed by atoms with Gasteiger partial charge in [-0.25, -0.2) is 0 Å². The number of hydrogen-bond acceptors (Lipinski definition) is 6. The predicted molar refractivity (Wildman–Crippen MR) is 122 cm³/mol.